The molecule has 6 nitrogen and oxygen atoms in total. The van der Waals surface area contributed by atoms with E-state index in [9.17, 15) is 26.7 Å². The molecule has 0 aliphatic carbocycles. The number of likely N-dealkylation sites (tertiary alicyclic amines) is 1. The summed E-state index contributed by atoms with van der Waals surface area (Å²) in [6, 6.07) is 0. The van der Waals surface area contributed by atoms with Crippen LogP contribution in [-0.2, 0) is 14.9 Å². The standard InChI is InChI=1S/C9H15F3N2O4S/c1-14(5-3-2-4-6-14)19(16,17)13-8(15)18-7-9(10,11)12/h2-7H2,1H3. The lowest BCUT2D eigenvalue weighted by atomic mass is 10.1. The van der Waals surface area contributed by atoms with Crippen molar-refractivity contribution in [3.8, 4) is 0 Å². The number of piperidine rings is 1. The second-order valence-corrected chi connectivity index (χ2v) is 6.47. The van der Waals surface area contributed by atoms with Crippen molar-refractivity contribution in [1.82, 2.24) is 0 Å². The van der Waals surface area contributed by atoms with Crippen LogP contribution in [0.4, 0.5) is 13.2 Å². The molecule has 1 aliphatic rings. The molecule has 1 saturated heterocycles. The first-order valence-corrected chi connectivity index (χ1v) is 7.02. The number of rotatable bonds is 3. The zero-order chi connectivity index (χ0) is 14.7. The van der Waals surface area contributed by atoms with E-state index in [1.165, 1.54) is 7.05 Å². The van der Waals surface area contributed by atoms with Crippen LogP contribution in [-0.4, -0.2) is 51.3 Å². The number of alkyl halides is 3. The molecule has 19 heavy (non-hydrogen) atoms. The van der Waals surface area contributed by atoms with Crippen LogP contribution in [0.15, 0.2) is 4.40 Å². The first-order valence-electron chi connectivity index (χ1n) is 5.62. The molecule has 0 N–H and O–H groups in total. The first-order chi connectivity index (χ1) is 8.56. The maximum Gasteiger partial charge on any atom is 0.416 e. The van der Waals surface area contributed by atoms with Gasteiger partial charge in [-0.3, -0.25) is 0 Å². The monoisotopic (exact) mass is 304 g/mol. The molecule has 0 aromatic heterocycles. The molecule has 0 radical (unpaired) electrons. The topological polar surface area (TPSA) is 78.8 Å². The fourth-order valence-corrected chi connectivity index (χ4v) is 2.93. The lowest BCUT2D eigenvalue weighted by Gasteiger charge is -2.33. The van der Waals surface area contributed by atoms with Gasteiger partial charge in [0.05, 0.1) is 26.7 Å². The number of hydrogen-bond donors (Lipinski definition) is 0. The Hall–Kier alpha value is -1.03. The molecule has 0 aromatic rings. The van der Waals surface area contributed by atoms with Crippen LogP contribution in [0.2, 0.25) is 0 Å². The average Bonchev–Trinajstić information content (AvgIpc) is 2.26. The van der Waals surface area contributed by atoms with E-state index in [1.807, 2.05) is 0 Å². The highest BCUT2D eigenvalue weighted by Crippen LogP contribution is 2.22. The zero-order valence-corrected chi connectivity index (χ0v) is 11.1. The minimum Gasteiger partial charge on any atom is -0.590 e. The SMILES string of the molecule is C[N+]1(S(=O)(=O)/N=C(\[O-])OCC(F)(F)F)CCCCC1. The third kappa shape index (κ3) is 4.53. The highest BCUT2D eigenvalue weighted by Gasteiger charge is 2.38. The summed E-state index contributed by atoms with van der Waals surface area (Å²) in [6.07, 6.45) is -4.26. The predicted octanol–water partition coefficient (Wildman–Crippen LogP) is 0.157. The molecule has 10 heteroatoms. The Labute approximate surface area is 109 Å². The number of ether oxygens (including phenoxy) is 1. The summed E-state index contributed by atoms with van der Waals surface area (Å²) in [5.74, 6) is 0. The van der Waals surface area contributed by atoms with E-state index in [0.717, 1.165) is 6.42 Å². The van der Waals surface area contributed by atoms with Crippen molar-refractivity contribution in [3.05, 3.63) is 0 Å². The van der Waals surface area contributed by atoms with Gasteiger partial charge in [0.25, 0.3) is 0 Å². The van der Waals surface area contributed by atoms with Gasteiger partial charge in [-0.1, -0.05) is 4.40 Å². The van der Waals surface area contributed by atoms with Crippen LogP contribution in [0.5, 0.6) is 0 Å². The minimum atomic E-state index is -4.71. The molecule has 0 bridgehead atoms. The van der Waals surface area contributed by atoms with Crippen molar-refractivity contribution >= 4 is 16.3 Å². The molecule has 1 rings (SSSR count). The van der Waals surface area contributed by atoms with Gasteiger partial charge in [-0.25, -0.2) is 3.89 Å². The van der Waals surface area contributed by atoms with Gasteiger partial charge in [0.15, 0.2) is 6.08 Å². The van der Waals surface area contributed by atoms with E-state index >= 15 is 0 Å². The fourth-order valence-electron chi connectivity index (χ4n) is 1.77. The van der Waals surface area contributed by atoms with Crippen LogP contribution in [0.3, 0.4) is 0 Å². The van der Waals surface area contributed by atoms with Gasteiger partial charge < -0.3 is 9.84 Å². The summed E-state index contributed by atoms with van der Waals surface area (Å²) >= 11 is 0. The van der Waals surface area contributed by atoms with Gasteiger partial charge >= 0.3 is 16.4 Å². The number of quaternary nitrogens is 1. The highest BCUT2D eigenvalue weighted by molar-refractivity contribution is 7.84. The minimum absolute atomic E-state index is 0.276. The Balaban J connectivity index is 2.77. The van der Waals surface area contributed by atoms with Crippen molar-refractivity contribution < 1.29 is 35.3 Å². The molecule has 112 valence electrons. The molecular weight excluding hydrogens is 289 g/mol. The Morgan fingerprint density at radius 3 is 2.32 bits per heavy atom. The Bertz CT molecular complexity index is 441. The molecule has 1 heterocycles. The van der Waals surface area contributed by atoms with E-state index in [2.05, 4.69) is 9.13 Å². The summed E-state index contributed by atoms with van der Waals surface area (Å²) in [5.41, 5.74) is 0. The third-order valence-corrected chi connectivity index (χ3v) is 4.73. The number of halogens is 3. The fraction of sp³-hybridized carbons (Fsp3) is 0.889. The lowest BCUT2D eigenvalue weighted by Crippen LogP contribution is -2.52. The van der Waals surface area contributed by atoms with Gasteiger partial charge in [-0.2, -0.15) is 13.2 Å². The maximum atomic E-state index is 11.9. The Morgan fingerprint density at radius 2 is 1.84 bits per heavy atom. The second-order valence-electron chi connectivity index (χ2n) is 4.51. The Kier molecular flexibility index (Phi) is 4.67. The molecule has 0 saturated carbocycles. The summed E-state index contributed by atoms with van der Waals surface area (Å²) in [5, 5.41) is 11.0. The van der Waals surface area contributed by atoms with E-state index in [1.54, 1.807) is 0 Å². The largest absolute Gasteiger partial charge is 0.590 e. The molecule has 0 unspecified atom stereocenters. The van der Waals surface area contributed by atoms with Crippen LogP contribution < -0.4 is 5.11 Å². The molecule has 0 aromatic carbocycles. The molecule has 1 fully saturated rings. The lowest BCUT2D eigenvalue weighted by molar-refractivity contribution is -0.790. The molecule has 0 amide bonds. The van der Waals surface area contributed by atoms with Gasteiger partial charge in [0.1, 0.15) is 0 Å². The normalized spacial score (nSPS) is 21.2. The van der Waals surface area contributed by atoms with Gasteiger partial charge in [0.2, 0.25) is 0 Å². The maximum absolute atomic E-state index is 11.9. The molecule has 1 aliphatic heterocycles. The quantitative estimate of drug-likeness (QED) is 0.422. The Morgan fingerprint density at radius 1 is 1.32 bits per heavy atom. The van der Waals surface area contributed by atoms with E-state index in [0.29, 0.717) is 12.8 Å². The van der Waals surface area contributed by atoms with Crippen LogP contribution in [0.1, 0.15) is 19.3 Å². The summed E-state index contributed by atoms with van der Waals surface area (Å²) in [4.78, 5) is 0. The number of nitrogens with zero attached hydrogens (tertiary/aromatic N) is 2. The van der Waals surface area contributed by atoms with Crippen molar-refractivity contribution in [2.24, 2.45) is 4.40 Å². The predicted molar refractivity (Wildman–Crippen MR) is 58.1 cm³/mol. The third-order valence-electron chi connectivity index (χ3n) is 2.87. The van der Waals surface area contributed by atoms with Gasteiger partial charge in [-0.15, -0.1) is 8.42 Å². The summed E-state index contributed by atoms with van der Waals surface area (Å²) in [7, 11) is -2.85. The second kappa shape index (κ2) is 5.53. The van der Waals surface area contributed by atoms with Crippen molar-refractivity contribution in [1.29, 1.82) is 0 Å². The van der Waals surface area contributed by atoms with Crippen LogP contribution in [0.25, 0.3) is 0 Å². The van der Waals surface area contributed by atoms with Gasteiger partial charge in [0, 0.05) is 0 Å². The molecule has 0 spiro atoms. The smallest absolute Gasteiger partial charge is 0.416 e. The van der Waals surface area contributed by atoms with Gasteiger partial charge in [-0.05, 0) is 19.3 Å². The summed E-state index contributed by atoms with van der Waals surface area (Å²) in [6.45, 7) is -1.30. The van der Waals surface area contributed by atoms with Crippen LogP contribution in [0, 0.1) is 0 Å². The zero-order valence-electron chi connectivity index (χ0n) is 10.3. The van der Waals surface area contributed by atoms with Crippen LogP contribution >= 0.6 is 0 Å². The molecular formula is C9H15F3N2O4S. The van der Waals surface area contributed by atoms with E-state index < -0.39 is 33.0 Å². The van der Waals surface area contributed by atoms with Crippen molar-refractivity contribution in [3.63, 3.8) is 0 Å². The average molecular weight is 304 g/mol. The summed E-state index contributed by atoms with van der Waals surface area (Å²) < 4.78 is 65.2. The highest BCUT2D eigenvalue weighted by atomic mass is 32.2. The number of hydrogen-bond acceptors (Lipinski definition) is 4. The van der Waals surface area contributed by atoms with E-state index in [4.69, 9.17) is 0 Å². The van der Waals surface area contributed by atoms with Crippen molar-refractivity contribution in [2.75, 3.05) is 26.7 Å². The first kappa shape index (κ1) is 16.0. The molecule has 0 atom stereocenters. The van der Waals surface area contributed by atoms with Crippen molar-refractivity contribution in [2.45, 2.75) is 25.4 Å². The van der Waals surface area contributed by atoms with E-state index in [-0.39, 0.29) is 13.1 Å².